The maximum atomic E-state index is 12.8. The number of aromatic nitrogens is 4. The van der Waals surface area contributed by atoms with Crippen molar-refractivity contribution in [1.82, 2.24) is 20.2 Å². The standard InChI is InChI=1S/C28H17ClN4OS2/c29-20-13-11-17(12-14-20)21(34)15-35-28-26-25(30-16-31-28)23-22(18-7-3-1-4-8-18)24(32-33-27(23)36-26)19-9-5-2-6-10-19/h1-14,16H,15H2. The lowest BCUT2D eigenvalue weighted by molar-refractivity contribution is 0.102. The number of fused-ring (bicyclic) bond motifs is 3. The van der Waals surface area contributed by atoms with Gasteiger partial charge >= 0.3 is 0 Å². The molecule has 5 nitrogen and oxygen atoms in total. The lowest BCUT2D eigenvalue weighted by Gasteiger charge is -2.10. The van der Waals surface area contributed by atoms with Gasteiger partial charge in [0.2, 0.25) is 0 Å². The quantitative estimate of drug-likeness (QED) is 0.127. The van der Waals surface area contributed by atoms with Crippen LogP contribution < -0.4 is 0 Å². The molecule has 0 radical (unpaired) electrons. The molecule has 36 heavy (non-hydrogen) atoms. The van der Waals surface area contributed by atoms with Gasteiger partial charge in [0.25, 0.3) is 0 Å². The van der Waals surface area contributed by atoms with Gasteiger partial charge in [0.15, 0.2) is 5.78 Å². The van der Waals surface area contributed by atoms with Crippen LogP contribution in [0.15, 0.2) is 96.3 Å². The maximum absolute atomic E-state index is 12.8. The van der Waals surface area contributed by atoms with E-state index in [0.717, 1.165) is 47.8 Å². The van der Waals surface area contributed by atoms with Crippen LogP contribution in [0.5, 0.6) is 0 Å². The fraction of sp³-hybridized carbons (Fsp3) is 0.0357. The number of nitrogens with zero attached hydrogens (tertiary/aromatic N) is 4. The number of carbonyl (C=O) groups excluding carboxylic acids is 1. The summed E-state index contributed by atoms with van der Waals surface area (Å²) in [5, 5.41) is 11.5. The van der Waals surface area contributed by atoms with E-state index in [1.165, 1.54) is 23.1 Å². The predicted molar refractivity (Wildman–Crippen MR) is 148 cm³/mol. The Labute approximate surface area is 220 Å². The first-order chi connectivity index (χ1) is 17.7. The Morgan fingerprint density at radius 3 is 2.25 bits per heavy atom. The van der Waals surface area contributed by atoms with Crippen molar-refractivity contribution in [2.75, 3.05) is 5.75 Å². The average molecular weight is 525 g/mol. The van der Waals surface area contributed by atoms with Crippen molar-refractivity contribution in [3.63, 3.8) is 0 Å². The smallest absolute Gasteiger partial charge is 0.173 e. The molecule has 3 aromatic heterocycles. The minimum atomic E-state index is 0.0145. The molecule has 0 amide bonds. The zero-order chi connectivity index (χ0) is 24.5. The molecule has 0 atom stereocenters. The number of benzene rings is 3. The van der Waals surface area contributed by atoms with Crippen molar-refractivity contribution in [3.05, 3.63) is 102 Å². The van der Waals surface area contributed by atoms with Gasteiger partial charge < -0.3 is 0 Å². The van der Waals surface area contributed by atoms with Crippen LogP contribution in [-0.4, -0.2) is 31.7 Å². The largest absolute Gasteiger partial charge is 0.293 e. The van der Waals surface area contributed by atoms with Crippen molar-refractivity contribution in [3.8, 4) is 22.4 Å². The summed E-state index contributed by atoms with van der Waals surface area (Å²) >= 11 is 8.86. The zero-order valence-corrected chi connectivity index (χ0v) is 21.1. The van der Waals surface area contributed by atoms with Crippen molar-refractivity contribution >= 4 is 60.9 Å². The van der Waals surface area contributed by atoms with Crippen molar-refractivity contribution in [2.24, 2.45) is 0 Å². The molecule has 0 saturated heterocycles. The second kappa shape index (κ2) is 9.78. The molecule has 0 spiro atoms. The third kappa shape index (κ3) is 4.26. The first-order valence-corrected chi connectivity index (χ1v) is 13.3. The number of carbonyl (C=O) groups is 1. The summed E-state index contributed by atoms with van der Waals surface area (Å²) < 4.78 is 0.901. The number of hydrogen-bond acceptors (Lipinski definition) is 7. The summed E-state index contributed by atoms with van der Waals surface area (Å²) in [6, 6.07) is 27.2. The van der Waals surface area contributed by atoms with E-state index < -0.39 is 0 Å². The number of thiophene rings is 1. The van der Waals surface area contributed by atoms with Gasteiger partial charge in [-0.2, -0.15) is 0 Å². The minimum Gasteiger partial charge on any atom is -0.293 e. The van der Waals surface area contributed by atoms with Gasteiger partial charge in [-0.1, -0.05) is 84.0 Å². The molecule has 0 fully saturated rings. The van der Waals surface area contributed by atoms with Crippen LogP contribution >= 0.6 is 34.7 Å². The lowest BCUT2D eigenvalue weighted by Crippen LogP contribution is -2.02. The fourth-order valence-corrected chi connectivity index (χ4v) is 6.25. The van der Waals surface area contributed by atoms with E-state index in [4.69, 9.17) is 11.6 Å². The van der Waals surface area contributed by atoms with Gasteiger partial charge in [0.1, 0.15) is 21.9 Å². The number of rotatable bonds is 6. The zero-order valence-electron chi connectivity index (χ0n) is 18.8. The maximum Gasteiger partial charge on any atom is 0.173 e. The highest BCUT2D eigenvalue weighted by atomic mass is 35.5. The number of Topliss-reactive ketones (excluding diaryl/α,β-unsaturated/α-hetero) is 1. The molecule has 3 aromatic carbocycles. The van der Waals surface area contributed by atoms with E-state index in [0.29, 0.717) is 10.6 Å². The number of ketones is 1. The second-order valence-electron chi connectivity index (χ2n) is 8.01. The second-order valence-corrected chi connectivity index (χ2v) is 10.4. The van der Waals surface area contributed by atoms with Crippen LogP contribution in [0.3, 0.4) is 0 Å². The predicted octanol–water partition coefficient (Wildman–Crippen LogP) is 7.60. The van der Waals surface area contributed by atoms with E-state index >= 15 is 0 Å². The fourth-order valence-electron chi connectivity index (χ4n) is 4.08. The Kier molecular flexibility index (Phi) is 6.19. The number of hydrogen-bond donors (Lipinski definition) is 0. The normalized spacial score (nSPS) is 11.2. The molecule has 8 heteroatoms. The molecule has 0 unspecified atom stereocenters. The van der Waals surface area contributed by atoms with Crippen LogP contribution in [0, 0.1) is 0 Å². The molecule has 0 saturated carbocycles. The van der Waals surface area contributed by atoms with E-state index in [-0.39, 0.29) is 11.5 Å². The molecule has 0 N–H and O–H groups in total. The SMILES string of the molecule is O=C(CSc1ncnc2c1sc1nnc(-c3ccccc3)c(-c3ccccc3)c12)c1ccc(Cl)cc1. The molecule has 3 heterocycles. The monoisotopic (exact) mass is 524 g/mol. The Balaban J connectivity index is 1.48. The van der Waals surface area contributed by atoms with Crippen molar-refractivity contribution in [2.45, 2.75) is 5.03 Å². The van der Waals surface area contributed by atoms with E-state index in [1.807, 2.05) is 48.5 Å². The van der Waals surface area contributed by atoms with Gasteiger partial charge in [0.05, 0.1) is 16.0 Å². The molecule has 0 aliphatic carbocycles. The van der Waals surface area contributed by atoms with Crippen LogP contribution in [-0.2, 0) is 0 Å². The molecule has 6 aromatic rings. The minimum absolute atomic E-state index is 0.0145. The van der Waals surface area contributed by atoms with Crippen LogP contribution in [0.25, 0.3) is 42.8 Å². The van der Waals surface area contributed by atoms with Crippen LogP contribution in [0.4, 0.5) is 0 Å². The number of thioether (sulfide) groups is 1. The summed E-state index contributed by atoms with van der Waals surface area (Å²) in [7, 11) is 0. The summed E-state index contributed by atoms with van der Waals surface area (Å²) in [5.74, 6) is 0.273. The first kappa shape index (κ1) is 22.8. The van der Waals surface area contributed by atoms with Gasteiger partial charge in [-0.05, 0) is 29.8 Å². The highest BCUT2D eigenvalue weighted by molar-refractivity contribution is 8.00. The third-order valence-corrected chi connectivity index (χ3v) is 8.20. The van der Waals surface area contributed by atoms with E-state index in [1.54, 1.807) is 30.6 Å². The molecular formula is C28H17ClN4OS2. The Bertz CT molecular complexity index is 1710. The van der Waals surface area contributed by atoms with Crippen molar-refractivity contribution in [1.29, 1.82) is 0 Å². The highest BCUT2D eigenvalue weighted by Gasteiger charge is 2.21. The Morgan fingerprint density at radius 1 is 0.833 bits per heavy atom. The third-order valence-electron chi connectivity index (χ3n) is 5.76. The average Bonchev–Trinajstić information content (AvgIpc) is 3.32. The van der Waals surface area contributed by atoms with Gasteiger partial charge in [-0.3, -0.25) is 4.79 Å². The molecular weight excluding hydrogens is 508 g/mol. The topological polar surface area (TPSA) is 68.6 Å². The first-order valence-electron chi connectivity index (χ1n) is 11.2. The van der Waals surface area contributed by atoms with Crippen molar-refractivity contribution < 1.29 is 4.79 Å². The molecule has 6 rings (SSSR count). The van der Waals surface area contributed by atoms with Gasteiger partial charge in [-0.15, -0.1) is 21.5 Å². The molecule has 0 aliphatic rings. The lowest BCUT2D eigenvalue weighted by atomic mass is 9.97. The number of halogens is 1. The van der Waals surface area contributed by atoms with E-state index in [9.17, 15) is 4.79 Å². The van der Waals surface area contributed by atoms with Crippen LogP contribution in [0.2, 0.25) is 5.02 Å². The summed E-state index contributed by atoms with van der Waals surface area (Å²) in [6.45, 7) is 0. The highest BCUT2D eigenvalue weighted by Crippen LogP contribution is 2.43. The van der Waals surface area contributed by atoms with Crippen LogP contribution in [0.1, 0.15) is 10.4 Å². The Hall–Kier alpha value is -3.65. The molecule has 174 valence electrons. The summed E-state index contributed by atoms with van der Waals surface area (Å²) in [4.78, 5) is 22.7. The Morgan fingerprint density at radius 2 is 1.53 bits per heavy atom. The van der Waals surface area contributed by atoms with Gasteiger partial charge in [0, 0.05) is 27.1 Å². The molecule has 0 bridgehead atoms. The summed E-state index contributed by atoms with van der Waals surface area (Å²) in [6.07, 6.45) is 1.56. The van der Waals surface area contributed by atoms with E-state index in [2.05, 4.69) is 32.3 Å². The molecule has 0 aliphatic heterocycles. The van der Waals surface area contributed by atoms with Gasteiger partial charge in [-0.25, -0.2) is 9.97 Å². The summed E-state index contributed by atoms with van der Waals surface area (Å²) in [5.41, 5.74) is 5.27.